The molecule has 5 heteroatoms. The Bertz CT molecular complexity index is 384. The molecule has 0 aromatic heterocycles. The number of benzene rings is 1. The van der Waals surface area contributed by atoms with Crippen LogP contribution in [-0.4, -0.2) is 40.2 Å². The summed E-state index contributed by atoms with van der Waals surface area (Å²) in [5.41, 5.74) is 5.37. The summed E-state index contributed by atoms with van der Waals surface area (Å²) in [7, 11) is 0. The molecule has 0 aliphatic heterocycles. The van der Waals surface area contributed by atoms with Crippen molar-refractivity contribution >= 4 is 5.91 Å². The van der Waals surface area contributed by atoms with Crippen molar-refractivity contribution in [3.8, 4) is 11.5 Å². The van der Waals surface area contributed by atoms with E-state index in [4.69, 9.17) is 5.73 Å². The van der Waals surface area contributed by atoms with E-state index in [1.807, 2.05) is 13.8 Å². The van der Waals surface area contributed by atoms with Crippen molar-refractivity contribution in [2.45, 2.75) is 19.9 Å². The van der Waals surface area contributed by atoms with Gasteiger partial charge in [0.15, 0.2) is 0 Å². The first-order chi connectivity index (χ1) is 7.99. The lowest BCUT2D eigenvalue weighted by atomic mass is 10.1. The monoisotopic (exact) mass is 238 g/mol. The van der Waals surface area contributed by atoms with Gasteiger partial charge in [0.05, 0.1) is 0 Å². The van der Waals surface area contributed by atoms with Gasteiger partial charge in [0.25, 0.3) is 5.91 Å². The minimum atomic E-state index is -0.416. The van der Waals surface area contributed by atoms with Crippen LogP contribution in [0.3, 0.4) is 0 Å². The Balaban J connectivity index is 3.09. The Morgan fingerprint density at radius 1 is 1.35 bits per heavy atom. The summed E-state index contributed by atoms with van der Waals surface area (Å²) < 4.78 is 0. The molecular formula is C12H18N2O3. The van der Waals surface area contributed by atoms with E-state index in [1.54, 1.807) is 0 Å². The van der Waals surface area contributed by atoms with Crippen LogP contribution in [0.4, 0.5) is 0 Å². The van der Waals surface area contributed by atoms with E-state index < -0.39 is 5.91 Å². The van der Waals surface area contributed by atoms with Crippen molar-refractivity contribution in [3.05, 3.63) is 23.8 Å². The van der Waals surface area contributed by atoms with Crippen LogP contribution in [0.5, 0.6) is 11.5 Å². The van der Waals surface area contributed by atoms with Crippen LogP contribution in [0.25, 0.3) is 0 Å². The van der Waals surface area contributed by atoms with Crippen molar-refractivity contribution < 1.29 is 15.0 Å². The Morgan fingerprint density at radius 2 is 1.88 bits per heavy atom. The first kappa shape index (κ1) is 13.3. The molecule has 0 aliphatic rings. The zero-order valence-electron chi connectivity index (χ0n) is 10.1. The minimum absolute atomic E-state index is 0.0509. The normalized spacial score (nSPS) is 10.6. The van der Waals surface area contributed by atoms with Gasteiger partial charge in [-0.1, -0.05) is 6.07 Å². The summed E-state index contributed by atoms with van der Waals surface area (Å²) >= 11 is 0. The number of carbonyl (C=O) groups is 1. The second-order valence-corrected chi connectivity index (χ2v) is 4.05. The molecule has 0 spiro atoms. The quantitative estimate of drug-likeness (QED) is 0.727. The second-order valence-electron chi connectivity index (χ2n) is 4.05. The molecule has 0 unspecified atom stereocenters. The molecule has 0 aliphatic carbocycles. The predicted octanol–water partition coefficient (Wildman–Crippen LogP) is 0.907. The summed E-state index contributed by atoms with van der Waals surface area (Å²) in [6.45, 7) is 4.41. The Kier molecular flexibility index (Phi) is 4.34. The molecule has 5 nitrogen and oxygen atoms in total. The van der Waals surface area contributed by atoms with E-state index in [-0.39, 0.29) is 23.1 Å². The summed E-state index contributed by atoms with van der Waals surface area (Å²) in [5, 5.41) is 19.2. The lowest BCUT2D eigenvalue weighted by Gasteiger charge is -2.26. The molecule has 0 atom stereocenters. The van der Waals surface area contributed by atoms with Gasteiger partial charge in [0.2, 0.25) is 0 Å². The van der Waals surface area contributed by atoms with Gasteiger partial charge in [-0.2, -0.15) is 0 Å². The number of carbonyl (C=O) groups excluding carboxylic acids is 1. The van der Waals surface area contributed by atoms with Crippen LogP contribution in [0.1, 0.15) is 24.2 Å². The molecule has 1 amide bonds. The lowest BCUT2D eigenvalue weighted by Crippen LogP contribution is -2.40. The molecule has 0 heterocycles. The summed E-state index contributed by atoms with van der Waals surface area (Å²) in [6, 6.07) is 4.16. The fraction of sp³-hybridized carbons (Fsp3) is 0.417. The van der Waals surface area contributed by atoms with E-state index >= 15 is 0 Å². The fourth-order valence-electron chi connectivity index (χ4n) is 1.62. The highest BCUT2D eigenvalue weighted by atomic mass is 16.3. The molecule has 1 aromatic carbocycles. The lowest BCUT2D eigenvalue weighted by molar-refractivity contribution is 0.0705. The topological polar surface area (TPSA) is 86.8 Å². The van der Waals surface area contributed by atoms with Crippen LogP contribution in [0, 0.1) is 0 Å². The van der Waals surface area contributed by atoms with Crippen molar-refractivity contribution in [2.24, 2.45) is 5.73 Å². The van der Waals surface area contributed by atoms with Gasteiger partial charge >= 0.3 is 0 Å². The standard InChI is InChI=1S/C12H18N2O3/c1-8(2)14(7-6-13)12(17)11-9(15)4-3-5-10(11)16/h3-5,8,15-16H,6-7,13H2,1-2H3. The summed E-state index contributed by atoms with van der Waals surface area (Å²) in [4.78, 5) is 13.7. The SMILES string of the molecule is CC(C)N(CCN)C(=O)c1c(O)cccc1O. The fourth-order valence-corrected chi connectivity index (χ4v) is 1.62. The molecule has 0 radical (unpaired) electrons. The van der Waals surface area contributed by atoms with E-state index in [0.717, 1.165) is 0 Å². The smallest absolute Gasteiger partial charge is 0.261 e. The van der Waals surface area contributed by atoms with Crippen molar-refractivity contribution in [1.29, 1.82) is 0 Å². The first-order valence-corrected chi connectivity index (χ1v) is 5.51. The number of phenolic OH excluding ortho intramolecular Hbond substituents is 2. The molecule has 0 saturated heterocycles. The first-order valence-electron chi connectivity index (χ1n) is 5.51. The van der Waals surface area contributed by atoms with E-state index in [0.29, 0.717) is 13.1 Å². The largest absolute Gasteiger partial charge is 0.507 e. The summed E-state index contributed by atoms with van der Waals surface area (Å²) in [6.07, 6.45) is 0. The van der Waals surface area contributed by atoms with Gasteiger partial charge in [-0.15, -0.1) is 0 Å². The Hall–Kier alpha value is -1.75. The van der Waals surface area contributed by atoms with E-state index in [9.17, 15) is 15.0 Å². The number of aromatic hydroxyl groups is 2. The maximum atomic E-state index is 12.2. The predicted molar refractivity (Wildman–Crippen MR) is 65.0 cm³/mol. The molecular weight excluding hydrogens is 220 g/mol. The Morgan fingerprint density at radius 3 is 2.29 bits per heavy atom. The zero-order chi connectivity index (χ0) is 13.0. The highest BCUT2D eigenvalue weighted by molar-refractivity contribution is 5.99. The van der Waals surface area contributed by atoms with Crippen molar-refractivity contribution in [3.63, 3.8) is 0 Å². The van der Waals surface area contributed by atoms with Gasteiger partial charge < -0.3 is 20.8 Å². The van der Waals surface area contributed by atoms with E-state index in [1.165, 1.54) is 23.1 Å². The molecule has 0 saturated carbocycles. The maximum absolute atomic E-state index is 12.2. The van der Waals surface area contributed by atoms with Gasteiger partial charge in [0, 0.05) is 19.1 Å². The highest BCUT2D eigenvalue weighted by Crippen LogP contribution is 2.28. The van der Waals surface area contributed by atoms with Crippen LogP contribution < -0.4 is 5.73 Å². The average Bonchev–Trinajstić information content (AvgIpc) is 2.24. The van der Waals surface area contributed by atoms with Gasteiger partial charge in [-0.25, -0.2) is 0 Å². The zero-order valence-corrected chi connectivity index (χ0v) is 10.1. The number of phenols is 2. The average molecular weight is 238 g/mol. The van der Waals surface area contributed by atoms with Crippen LogP contribution in [0.2, 0.25) is 0 Å². The molecule has 94 valence electrons. The third kappa shape index (κ3) is 2.88. The van der Waals surface area contributed by atoms with Gasteiger partial charge in [-0.05, 0) is 26.0 Å². The molecule has 1 rings (SSSR count). The molecule has 0 fully saturated rings. The van der Waals surface area contributed by atoms with Crippen LogP contribution in [0.15, 0.2) is 18.2 Å². The van der Waals surface area contributed by atoms with Gasteiger partial charge in [0.1, 0.15) is 17.1 Å². The Labute approximate surface area is 100 Å². The van der Waals surface area contributed by atoms with Crippen LogP contribution >= 0.6 is 0 Å². The molecule has 17 heavy (non-hydrogen) atoms. The number of hydrogen-bond donors (Lipinski definition) is 3. The summed E-state index contributed by atoms with van der Waals surface area (Å²) in [5.74, 6) is -0.864. The van der Waals surface area contributed by atoms with Crippen LogP contribution in [-0.2, 0) is 0 Å². The number of amides is 1. The third-order valence-corrected chi connectivity index (χ3v) is 2.49. The molecule has 0 bridgehead atoms. The highest BCUT2D eigenvalue weighted by Gasteiger charge is 2.23. The molecule has 1 aromatic rings. The third-order valence-electron chi connectivity index (χ3n) is 2.49. The number of nitrogens with zero attached hydrogens (tertiary/aromatic N) is 1. The second kappa shape index (κ2) is 5.54. The number of hydrogen-bond acceptors (Lipinski definition) is 4. The number of rotatable bonds is 4. The minimum Gasteiger partial charge on any atom is -0.507 e. The maximum Gasteiger partial charge on any atom is 0.261 e. The van der Waals surface area contributed by atoms with E-state index in [2.05, 4.69) is 0 Å². The van der Waals surface area contributed by atoms with Gasteiger partial charge in [-0.3, -0.25) is 4.79 Å². The van der Waals surface area contributed by atoms with Crippen molar-refractivity contribution in [2.75, 3.05) is 13.1 Å². The number of nitrogens with two attached hydrogens (primary N) is 1. The molecule has 4 N–H and O–H groups in total. The van der Waals surface area contributed by atoms with Crippen molar-refractivity contribution in [1.82, 2.24) is 4.90 Å².